The van der Waals surface area contributed by atoms with E-state index in [0.717, 1.165) is 16.6 Å². The largest absolute Gasteiger partial charge is 0.508 e. The second-order valence-corrected chi connectivity index (χ2v) is 5.54. The van der Waals surface area contributed by atoms with Gasteiger partial charge in [0.15, 0.2) is 0 Å². The number of imidazole rings is 1. The van der Waals surface area contributed by atoms with Crippen LogP contribution in [-0.4, -0.2) is 20.1 Å². The zero-order valence-electron chi connectivity index (χ0n) is 13.4. The third-order valence-electron chi connectivity index (χ3n) is 3.97. The Bertz CT molecular complexity index is 923. The highest BCUT2D eigenvalue weighted by Crippen LogP contribution is 2.12. The second kappa shape index (κ2) is 6.62. The molecule has 1 amide bonds. The molecule has 1 aromatic heterocycles. The van der Waals surface area contributed by atoms with Crippen LogP contribution in [0.4, 0.5) is 0 Å². The van der Waals surface area contributed by atoms with Crippen LogP contribution in [0.5, 0.6) is 5.75 Å². The van der Waals surface area contributed by atoms with E-state index in [1.165, 1.54) is 4.57 Å². The van der Waals surface area contributed by atoms with Crippen molar-refractivity contribution in [2.45, 2.75) is 26.6 Å². The quantitative estimate of drug-likeness (QED) is 0.751. The molecule has 3 aromatic rings. The van der Waals surface area contributed by atoms with Gasteiger partial charge >= 0.3 is 5.69 Å². The molecular weight excluding hydrogens is 306 g/mol. The molecule has 0 saturated heterocycles. The lowest BCUT2D eigenvalue weighted by Crippen LogP contribution is -2.32. The van der Waals surface area contributed by atoms with Crippen molar-refractivity contribution in [3.05, 3.63) is 64.6 Å². The number of phenolic OH excluding ortho intramolecular Hbond substituents is 1. The molecule has 0 aliphatic carbocycles. The van der Waals surface area contributed by atoms with Gasteiger partial charge in [-0.2, -0.15) is 0 Å². The van der Waals surface area contributed by atoms with Crippen LogP contribution in [0.3, 0.4) is 0 Å². The number of benzene rings is 2. The number of aromatic hydroxyl groups is 1. The molecular formula is C18H19N3O3. The number of aryl methyl sites for hydroxylation is 1. The summed E-state index contributed by atoms with van der Waals surface area (Å²) in [4.78, 5) is 24.7. The minimum atomic E-state index is -0.232. The van der Waals surface area contributed by atoms with Crippen molar-refractivity contribution in [2.24, 2.45) is 0 Å². The molecule has 24 heavy (non-hydrogen) atoms. The first-order chi connectivity index (χ1) is 11.6. The predicted molar refractivity (Wildman–Crippen MR) is 91.8 cm³/mol. The Morgan fingerprint density at radius 1 is 1.04 bits per heavy atom. The smallest absolute Gasteiger partial charge is 0.329 e. The zero-order valence-corrected chi connectivity index (χ0v) is 13.4. The summed E-state index contributed by atoms with van der Waals surface area (Å²) in [5.74, 6) is -0.0480. The molecule has 0 radical (unpaired) electrons. The van der Waals surface area contributed by atoms with Gasteiger partial charge in [0.05, 0.1) is 11.0 Å². The number of hydrogen-bond donors (Lipinski definition) is 2. The van der Waals surface area contributed by atoms with Gasteiger partial charge in [-0.15, -0.1) is 0 Å². The summed E-state index contributed by atoms with van der Waals surface area (Å²) in [6, 6.07) is 14.1. The van der Waals surface area contributed by atoms with E-state index in [-0.39, 0.29) is 23.9 Å². The number of aromatic nitrogens is 2. The summed E-state index contributed by atoms with van der Waals surface area (Å²) in [6.45, 7) is 2.79. The van der Waals surface area contributed by atoms with Crippen molar-refractivity contribution in [1.82, 2.24) is 14.5 Å². The Labute approximate surface area is 139 Å². The fourth-order valence-electron chi connectivity index (χ4n) is 2.74. The van der Waals surface area contributed by atoms with E-state index in [1.807, 2.05) is 31.2 Å². The maximum atomic E-state index is 12.5. The van der Waals surface area contributed by atoms with Crippen LogP contribution in [0.1, 0.15) is 12.5 Å². The van der Waals surface area contributed by atoms with E-state index in [9.17, 15) is 14.7 Å². The lowest BCUT2D eigenvalue weighted by atomic mass is 10.2. The summed E-state index contributed by atoms with van der Waals surface area (Å²) in [6.07, 6.45) is 0. The first-order valence-electron chi connectivity index (χ1n) is 7.83. The predicted octanol–water partition coefficient (Wildman–Crippen LogP) is 1.84. The van der Waals surface area contributed by atoms with Gasteiger partial charge in [-0.1, -0.05) is 24.3 Å². The van der Waals surface area contributed by atoms with Crippen LogP contribution >= 0.6 is 0 Å². The molecule has 6 nitrogen and oxygen atoms in total. The van der Waals surface area contributed by atoms with E-state index < -0.39 is 0 Å². The number of hydrogen-bond acceptors (Lipinski definition) is 3. The normalized spacial score (nSPS) is 10.9. The molecule has 0 aliphatic heterocycles. The fourth-order valence-corrected chi connectivity index (χ4v) is 2.74. The van der Waals surface area contributed by atoms with Crippen LogP contribution in [0.25, 0.3) is 11.0 Å². The molecule has 2 aromatic carbocycles. The van der Waals surface area contributed by atoms with Gasteiger partial charge in [0, 0.05) is 13.1 Å². The summed E-state index contributed by atoms with van der Waals surface area (Å²) in [5.41, 5.74) is 2.28. The average molecular weight is 325 g/mol. The third kappa shape index (κ3) is 3.03. The number of fused-ring (bicyclic) bond motifs is 1. The summed E-state index contributed by atoms with van der Waals surface area (Å²) < 4.78 is 3.15. The SMILES string of the molecule is CCn1c(=O)n(CC(=O)NCc2ccc(O)cc2)c2ccccc21. The van der Waals surface area contributed by atoms with Crippen molar-refractivity contribution in [2.75, 3.05) is 0 Å². The van der Waals surface area contributed by atoms with Crippen molar-refractivity contribution in [1.29, 1.82) is 0 Å². The molecule has 0 bridgehead atoms. The Morgan fingerprint density at radius 3 is 2.29 bits per heavy atom. The topological polar surface area (TPSA) is 76.3 Å². The van der Waals surface area contributed by atoms with Crippen molar-refractivity contribution < 1.29 is 9.90 Å². The zero-order chi connectivity index (χ0) is 17.1. The number of nitrogens with zero attached hydrogens (tertiary/aromatic N) is 2. The molecule has 3 rings (SSSR count). The van der Waals surface area contributed by atoms with Gasteiger partial charge in [-0.3, -0.25) is 13.9 Å². The van der Waals surface area contributed by atoms with Crippen LogP contribution in [0.15, 0.2) is 53.3 Å². The van der Waals surface area contributed by atoms with Crippen molar-refractivity contribution in [3.8, 4) is 5.75 Å². The molecule has 0 atom stereocenters. The molecule has 0 saturated carbocycles. The Hall–Kier alpha value is -3.02. The Balaban J connectivity index is 1.77. The van der Waals surface area contributed by atoms with Crippen molar-refractivity contribution in [3.63, 3.8) is 0 Å². The van der Waals surface area contributed by atoms with E-state index >= 15 is 0 Å². The first-order valence-corrected chi connectivity index (χ1v) is 7.83. The standard InChI is InChI=1S/C18H19N3O3/c1-2-20-15-5-3-4-6-16(15)21(18(20)24)12-17(23)19-11-13-7-9-14(22)10-8-13/h3-10,22H,2,11-12H2,1H3,(H,19,23). The highest BCUT2D eigenvalue weighted by Gasteiger charge is 2.14. The minimum Gasteiger partial charge on any atom is -0.508 e. The molecule has 0 unspecified atom stereocenters. The number of nitrogens with one attached hydrogen (secondary N) is 1. The maximum absolute atomic E-state index is 12.5. The first kappa shape index (κ1) is 15.9. The van der Waals surface area contributed by atoms with Gasteiger partial charge in [0.25, 0.3) is 0 Å². The Kier molecular flexibility index (Phi) is 4.37. The molecule has 124 valence electrons. The monoisotopic (exact) mass is 325 g/mol. The second-order valence-electron chi connectivity index (χ2n) is 5.54. The van der Waals surface area contributed by atoms with Gasteiger partial charge in [0.1, 0.15) is 12.3 Å². The summed E-state index contributed by atoms with van der Waals surface area (Å²) in [7, 11) is 0. The number of carbonyl (C=O) groups excluding carboxylic acids is 1. The highest BCUT2D eigenvalue weighted by atomic mass is 16.3. The van der Waals surface area contributed by atoms with Gasteiger partial charge in [-0.25, -0.2) is 4.79 Å². The highest BCUT2D eigenvalue weighted by molar-refractivity contribution is 5.80. The van der Waals surface area contributed by atoms with Crippen LogP contribution < -0.4 is 11.0 Å². The number of rotatable bonds is 5. The molecule has 2 N–H and O–H groups in total. The number of para-hydroxylation sites is 2. The molecule has 0 spiro atoms. The number of phenols is 1. The fraction of sp³-hybridized carbons (Fsp3) is 0.222. The lowest BCUT2D eigenvalue weighted by Gasteiger charge is -2.06. The molecule has 0 fully saturated rings. The van der Waals surface area contributed by atoms with Crippen LogP contribution in [0.2, 0.25) is 0 Å². The molecule has 0 aliphatic rings. The lowest BCUT2D eigenvalue weighted by molar-refractivity contribution is -0.121. The number of amides is 1. The van der Waals surface area contributed by atoms with Gasteiger partial charge < -0.3 is 10.4 Å². The van der Waals surface area contributed by atoms with Crippen LogP contribution in [-0.2, 0) is 24.4 Å². The maximum Gasteiger partial charge on any atom is 0.329 e. The minimum absolute atomic E-state index is 0.0234. The van der Waals surface area contributed by atoms with Gasteiger partial charge in [-0.05, 0) is 36.8 Å². The van der Waals surface area contributed by atoms with Crippen molar-refractivity contribution >= 4 is 16.9 Å². The Morgan fingerprint density at radius 2 is 1.67 bits per heavy atom. The summed E-state index contributed by atoms with van der Waals surface area (Å²) in [5, 5.41) is 12.1. The number of carbonyl (C=O) groups is 1. The molecule has 1 heterocycles. The summed E-state index contributed by atoms with van der Waals surface area (Å²) >= 11 is 0. The van der Waals surface area contributed by atoms with E-state index in [4.69, 9.17) is 0 Å². The van der Waals surface area contributed by atoms with E-state index in [2.05, 4.69) is 5.32 Å². The van der Waals surface area contributed by atoms with Crippen LogP contribution in [0, 0.1) is 0 Å². The van der Waals surface area contributed by atoms with E-state index in [1.54, 1.807) is 28.8 Å². The average Bonchev–Trinajstić information content (AvgIpc) is 2.86. The molecule has 6 heteroatoms. The third-order valence-corrected chi connectivity index (χ3v) is 3.97. The van der Waals surface area contributed by atoms with Gasteiger partial charge in [0.2, 0.25) is 5.91 Å². The van der Waals surface area contributed by atoms with E-state index in [0.29, 0.717) is 13.1 Å².